The van der Waals surface area contributed by atoms with Gasteiger partial charge in [-0.15, -0.1) is 18.2 Å². The van der Waals surface area contributed by atoms with Crippen LogP contribution in [0.15, 0.2) is 43.0 Å². The van der Waals surface area contributed by atoms with Crippen molar-refractivity contribution in [2.24, 2.45) is 0 Å². The third kappa shape index (κ3) is 3.95. The summed E-state index contributed by atoms with van der Waals surface area (Å²) in [6, 6.07) is 10.4. The van der Waals surface area contributed by atoms with Crippen LogP contribution in [0.3, 0.4) is 0 Å². The van der Waals surface area contributed by atoms with E-state index in [-0.39, 0.29) is 0 Å². The Labute approximate surface area is 91.0 Å². The van der Waals surface area contributed by atoms with Crippen LogP contribution in [0.2, 0.25) is 0 Å². The van der Waals surface area contributed by atoms with Gasteiger partial charge in [0.25, 0.3) is 0 Å². The molecule has 2 heteroatoms. The second-order valence-corrected chi connectivity index (χ2v) is 3.58. The fourth-order valence-corrected chi connectivity index (χ4v) is 1.62. The zero-order valence-corrected chi connectivity index (χ0v) is 9.08. The van der Waals surface area contributed by atoms with Crippen molar-refractivity contribution in [3.8, 4) is 0 Å². The van der Waals surface area contributed by atoms with Crippen LogP contribution in [-0.4, -0.2) is 23.9 Å². The molecule has 1 rings (SSSR count). The molecule has 14 heavy (non-hydrogen) atoms. The molecule has 0 atom stereocenters. The third-order valence-electron chi connectivity index (χ3n) is 2.04. The second kappa shape index (κ2) is 6.63. The van der Waals surface area contributed by atoms with Crippen LogP contribution in [0.1, 0.15) is 5.56 Å². The molecular formula is C12H16ClN. The van der Waals surface area contributed by atoms with Gasteiger partial charge >= 0.3 is 0 Å². The van der Waals surface area contributed by atoms with Crippen molar-refractivity contribution in [1.82, 2.24) is 4.90 Å². The molecule has 0 amide bonds. The van der Waals surface area contributed by atoms with Crippen molar-refractivity contribution in [3.05, 3.63) is 48.6 Å². The van der Waals surface area contributed by atoms with Gasteiger partial charge in [0.2, 0.25) is 0 Å². The number of alkyl halides is 1. The summed E-state index contributed by atoms with van der Waals surface area (Å²) in [4.78, 5) is 2.27. The molecule has 0 spiro atoms. The summed E-state index contributed by atoms with van der Waals surface area (Å²) < 4.78 is 0. The van der Waals surface area contributed by atoms with Crippen LogP contribution >= 0.6 is 11.6 Å². The van der Waals surface area contributed by atoms with E-state index in [0.717, 1.165) is 19.6 Å². The van der Waals surface area contributed by atoms with Crippen LogP contribution in [0, 0.1) is 0 Å². The van der Waals surface area contributed by atoms with Crippen molar-refractivity contribution in [2.45, 2.75) is 6.54 Å². The van der Waals surface area contributed by atoms with Crippen molar-refractivity contribution >= 4 is 11.6 Å². The van der Waals surface area contributed by atoms with E-state index < -0.39 is 0 Å². The molecule has 0 heterocycles. The molecule has 0 aliphatic rings. The topological polar surface area (TPSA) is 3.24 Å². The van der Waals surface area contributed by atoms with Gasteiger partial charge < -0.3 is 0 Å². The normalized spacial score (nSPS) is 10.4. The van der Waals surface area contributed by atoms with Crippen molar-refractivity contribution < 1.29 is 0 Å². The van der Waals surface area contributed by atoms with E-state index in [1.807, 2.05) is 12.1 Å². The Hall–Kier alpha value is -0.790. The maximum Gasteiger partial charge on any atom is 0.0351 e. The summed E-state index contributed by atoms with van der Waals surface area (Å²) >= 11 is 5.72. The van der Waals surface area contributed by atoms with Crippen LogP contribution < -0.4 is 0 Å². The highest BCUT2D eigenvalue weighted by atomic mass is 35.5. The highest BCUT2D eigenvalue weighted by molar-refractivity contribution is 6.18. The molecule has 0 radical (unpaired) electrons. The summed E-state index contributed by atoms with van der Waals surface area (Å²) in [5, 5.41) is 0. The minimum absolute atomic E-state index is 0.667. The van der Waals surface area contributed by atoms with Crippen molar-refractivity contribution in [2.75, 3.05) is 19.0 Å². The molecule has 1 aromatic rings. The average Bonchev–Trinajstić information content (AvgIpc) is 2.20. The standard InChI is InChI=1S/C12H16ClN/c1-2-9-14(10-8-13)11-12-6-4-3-5-7-12/h2-7H,1,8-11H2. The summed E-state index contributed by atoms with van der Waals surface area (Å²) in [5.41, 5.74) is 1.32. The number of benzene rings is 1. The molecule has 0 aliphatic carbocycles. The van der Waals surface area contributed by atoms with Crippen LogP contribution in [0.25, 0.3) is 0 Å². The maximum absolute atomic E-state index is 5.72. The number of hydrogen-bond acceptors (Lipinski definition) is 1. The van der Waals surface area contributed by atoms with Gasteiger partial charge in [-0.25, -0.2) is 0 Å². The Balaban J connectivity index is 2.50. The predicted molar refractivity (Wildman–Crippen MR) is 62.6 cm³/mol. The van der Waals surface area contributed by atoms with E-state index in [4.69, 9.17) is 11.6 Å². The van der Waals surface area contributed by atoms with Crippen molar-refractivity contribution in [1.29, 1.82) is 0 Å². The van der Waals surface area contributed by atoms with Gasteiger partial charge in [0.15, 0.2) is 0 Å². The minimum atomic E-state index is 0.667. The fraction of sp³-hybridized carbons (Fsp3) is 0.333. The van der Waals surface area contributed by atoms with E-state index in [2.05, 4.69) is 35.7 Å². The lowest BCUT2D eigenvalue weighted by molar-refractivity contribution is 0.313. The first-order valence-corrected chi connectivity index (χ1v) is 5.33. The lowest BCUT2D eigenvalue weighted by atomic mass is 10.2. The lowest BCUT2D eigenvalue weighted by Gasteiger charge is -2.19. The zero-order chi connectivity index (χ0) is 10.2. The van der Waals surface area contributed by atoms with E-state index in [0.29, 0.717) is 5.88 Å². The lowest BCUT2D eigenvalue weighted by Crippen LogP contribution is -2.25. The van der Waals surface area contributed by atoms with Crippen LogP contribution in [-0.2, 0) is 6.54 Å². The highest BCUT2D eigenvalue weighted by Crippen LogP contribution is 2.04. The summed E-state index contributed by atoms with van der Waals surface area (Å²) in [6.45, 7) is 6.48. The molecule has 0 bridgehead atoms. The van der Waals surface area contributed by atoms with Crippen LogP contribution in [0.5, 0.6) is 0 Å². The van der Waals surface area contributed by atoms with E-state index >= 15 is 0 Å². The predicted octanol–water partition coefficient (Wildman–Crippen LogP) is 2.91. The largest absolute Gasteiger partial charge is 0.294 e. The quantitative estimate of drug-likeness (QED) is 0.515. The molecule has 76 valence electrons. The Morgan fingerprint density at radius 3 is 2.57 bits per heavy atom. The number of halogens is 1. The van der Waals surface area contributed by atoms with E-state index in [1.165, 1.54) is 5.56 Å². The molecule has 0 N–H and O–H groups in total. The van der Waals surface area contributed by atoms with Crippen molar-refractivity contribution in [3.63, 3.8) is 0 Å². The molecule has 1 nitrogen and oxygen atoms in total. The SMILES string of the molecule is C=CCN(CCCl)Cc1ccccc1. The van der Waals surface area contributed by atoms with Gasteiger partial charge in [-0.1, -0.05) is 36.4 Å². The van der Waals surface area contributed by atoms with Crippen LogP contribution in [0.4, 0.5) is 0 Å². The Morgan fingerprint density at radius 1 is 1.29 bits per heavy atom. The maximum atomic E-state index is 5.72. The number of rotatable bonds is 6. The Bertz CT molecular complexity index is 258. The second-order valence-electron chi connectivity index (χ2n) is 3.20. The Kier molecular flexibility index (Phi) is 5.35. The molecule has 0 aliphatic heterocycles. The van der Waals surface area contributed by atoms with E-state index in [1.54, 1.807) is 0 Å². The molecule has 0 unspecified atom stereocenters. The minimum Gasteiger partial charge on any atom is -0.294 e. The Morgan fingerprint density at radius 2 is 2.00 bits per heavy atom. The summed E-state index contributed by atoms with van der Waals surface area (Å²) in [5.74, 6) is 0.667. The molecule has 0 saturated carbocycles. The molecule has 1 aromatic carbocycles. The average molecular weight is 210 g/mol. The molecule has 0 aromatic heterocycles. The molecule has 0 fully saturated rings. The van der Waals surface area contributed by atoms with Gasteiger partial charge in [0.1, 0.15) is 0 Å². The number of nitrogens with zero attached hydrogens (tertiary/aromatic N) is 1. The van der Waals surface area contributed by atoms with Gasteiger partial charge in [-0.3, -0.25) is 4.90 Å². The monoisotopic (exact) mass is 209 g/mol. The summed E-state index contributed by atoms with van der Waals surface area (Å²) in [6.07, 6.45) is 1.91. The molecule has 0 saturated heterocycles. The first-order chi connectivity index (χ1) is 6.86. The third-order valence-corrected chi connectivity index (χ3v) is 2.21. The zero-order valence-electron chi connectivity index (χ0n) is 8.32. The van der Waals surface area contributed by atoms with Gasteiger partial charge in [-0.2, -0.15) is 0 Å². The smallest absolute Gasteiger partial charge is 0.0351 e. The first kappa shape index (κ1) is 11.3. The highest BCUT2D eigenvalue weighted by Gasteiger charge is 2.02. The van der Waals surface area contributed by atoms with Gasteiger partial charge in [0, 0.05) is 25.5 Å². The van der Waals surface area contributed by atoms with E-state index in [9.17, 15) is 0 Å². The summed E-state index contributed by atoms with van der Waals surface area (Å²) in [7, 11) is 0. The molecular weight excluding hydrogens is 194 g/mol. The first-order valence-electron chi connectivity index (χ1n) is 4.80. The fourth-order valence-electron chi connectivity index (χ4n) is 1.38. The number of hydrogen-bond donors (Lipinski definition) is 0. The van der Waals surface area contributed by atoms with Gasteiger partial charge in [0.05, 0.1) is 0 Å². The van der Waals surface area contributed by atoms with Gasteiger partial charge in [-0.05, 0) is 5.56 Å².